The van der Waals surface area contributed by atoms with E-state index in [4.69, 9.17) is 4.42 Å². The molecule has 0 fully saturated rings. The number of nitrogens with one attached hydrogen (secondary N) is 1. The minimum atomic E-state index is -0.151. The van der Waals surface area contributed by atoms with Crippen molar-refractivity contribution in [2.45, 2.75) is 25.3 Å². The minimum absolute atomic E-state index is 0.151. The Balaban J connectivity index is 1.96. The van der Waals surface area contributed by atoms with Crippen LogP contribution in [0.4, 0.5) is 4.39 Å². The van der Waals surface area contributed by atoms with Gasteiger partial charge in [0.1, 0.15) is 11.6 Å². The zero-order chi connectivity index (χ0) is 13.7. The first-order chi connectivity index (χ1) is 9.19. The van der Waals surface area contributed by atoms with E-state index >= 15 is 0 Å². The molecule has 0 saturated carbocycles. The SMILES string of the molecule is CNC(CCc1ccco1)Cc1cc(Br)ccc1F. The maximum absolute atomic E-state index is 13.7. The number of halogens is 2. The van der Waals surface area contributed by atoms with E-state index in [9.17, 15) is 4.39 Å². The minimum Gasteiger partial charge on any atom is -0.469 e. The molecule has 102 valence electrons. The lowest BCUT2D eigenvalue weighted by Gasteiger charge is -2.16. The van der Waals surface area contributed by atoms with Crippen LogP contribution in [0.15, 0.2) is 45.5 Å². The van der Waals surface area contributed by atoms with Gasteiger partial charge < -0.3 is 9.73 Å². The Kier molecular flexibility index (Phi) is 5.16. The highest BCUT2D eigenvalue weighted by Crippen LogP contribution is 2.18. The fraction of sp³-hybridized carbons (Fsp3) is 0.333. The van der Waals surface area contributed by atoms with Gasteiger partial charge in [-0.25, -0.2) is 4.39 Å². The number of likely N-dealkylation sites (N-methyl/N-ethyl adjacent to an activating group) is 1. The Hall–Kier alpha value is -1.13. The summed E-state index contributed by atoms with van der Waals surface area (Å²) < 4.78 is 19.9. The van der Waals surface area contributed by atoms with Crippen molar-refractivity contribution in [3.05, 3.63) is 58.2 Å². The Labute approximate surface area is 121 Å². The number of hydrogen-bond acceptors (Lipinski definition) is 2. The lowest BCUT2D eigenvalue weighted by molar-refractivity contribution is 0.456. The van der Waals surface area contributed by atoms with Gasteiger partial charge in [-0.05, 0) is 55.8 Å². The van der Waals surface area contributed by atoms with Gasteiger partial charge in [-0.2, -0.15) is 0 Å². The fourth-order valence-corrected chi connectivity index (χ4v) is 2.49. The van der Waals surface area contributed by atoms with Crippen LogP contribution < -0.4 is 5.32 Å². The molecule has 1 unspecified atom stereocenters. The molecule has 2 nitrogen and oxygen atoms in total. The third-order valence-electron chi connectivity index (χ3n) is 3.20. The molecule has 19 heavy (non-hydrogen) atoms. The molecule has 1 aromatic heterocycles. The predicted octanol–water partition coefficient (Wildman–Crippen LogP) is 3.94. The molecule has 2 rings (SSSR count). The van der Waals surface area contributed by atoms with Crippen LogP contribution in [0, 0.1) is 5.82 Å². The highest BCUT2D eigenvalue weighted by molar-refractivity contribution is 9.10. The van der Waals surface area contributed by atoms with Gasteiger partial charge in [0.25, 0.3) is 0 Å². The molecule has 0 aliphatic heterocycles. The molecular formula is C15H17BrFNO. The smallest absolute Gasteiger partial charge is 0.126 e. The Morgan fingerprint density at radius 1 is 1.37 bits per heavy atom. The second-order valence-corrected chi connectivity index (χ2v) is 5.46. The first-order valence-electron chi connectivity index (χ1n) is 6.32. The Bertz CT molecular complexity index is 513. The highest BCUT2D eigenvalue weighted by atomic mass is 79.9. The monoisotopic (exact) mass is 325 g/mol. The molecule has 4 heteroatoms. The molecule has 2 aromatic rings. The van der Waals surface area contributed by atoms with Crippen molar-refractivity contribution >= 4 is 15.9 Å². The molecule has 1 aromatic carbocycles. The molecule has 1 N–H and O–H groups in total. The van der Waals surface area contributed by atoms with Gasteiger partial charge in [0.2, 0.25) is 0 Å². The number of benzene rings is 1. The largest absolute Gasteiger partial charge is 0.469 e. The molecule has 0 spiro atoms. The van der Waals surface area contributed by atoms with E-state index < -0.39 is 0 Å². The van der Waals surface area contributed by atoms with Crippen molar-refractivity contribution in [3.63, 3.8) is 0 Å². The summed E-state index contributed by atoms with van der Waals surface area (Å²) in [7, 11) is 1.91. The van der Waals surface area contributed by atoms with Gasteiger partial charge in [-0.1, -0.05) is 15.9 Å². The van der Waals surface area contributed by atoms with Crippen molar-refractivity contribution < 1.29 is 8.81 Å². The highest BCUT2D eigenvalue weighted by Gasteiger charge is 2.12. The number of hydrogen-bond donors (Lipinski definition) is 1. The molecular weight excluding hydrogens is 309 g/mol. The average Bonchev–Trinajstić information content (AvgIpc) is 2.91. The van der Waals surface area contributed by atoms with Crippen LogP contribution in [0.2, 0.25) is 0 Å². The van der Waals surface area contributed by atoms with Crippen molar-refractivity contribution in [1.82, 2.24) is 5.32 Å². The normalized spacial score (nSPS) is 12.6. The number of rotatable bonds is 6. The van der Waals surface area contributed by atoms with Crippen molar-refractivity contribution in [2.24, 2.45) is 0 Å². The summed E-state index contributed by atoms with van der Waals surface area (Å²) >= 11 is 3.38. The van der Waals surface area contributed by atoms with Crippen LogP contribution in [0.1, 0.15) is 17.7 Å². The molecule has 0 saturated heterocycles. The van der Waals surface area contributed by atoms with E-state index in [1.54, 1.807) is 12.3 Å². The van der Waals surface area contributed by atoms with Crippen LogP contribution in [-0.4, -0.2) is 13.1 Å². The molecule has 0 bridgehead atoms. The van der Waals surface area contributed by atoms with Crippen LogP contribution in [0.25, 0.3) is 0 Å². The number of aryl methyl sites for hydroxylation is 1. The van der Waals surface area contributed by atoms with Gasteiger partial charge in [0, 0.05) is 16.9 Å². The van der Waals surface area contributed by atoms with Gasteiger partial charge in [-0.15, -0.1) is 0 Å². The fourth-order valence-electron chi connectivity index (χ4n) is 2.08. The molecule has 0 aliphatic carbocycles. The van der Waals surface area contributed by atoms with Crippen LogP contribution >= 0.6 is 15.9 Å². The summed E-state index contributed by atoms with van der Waals surface area (Å²) in [4.78, 5) is 0. The van der Waals surface area contributed by atoms with E-state index in [1.165, 1.54) is 6.07 Å². The Morgan fingerprint density at radius 3 is 2.89 bits per heavy atom. The van der Waals surface area contributed by atoms with Crippen molar-refractivity contribution in [3.8, 4) is 0 Å². The summed E-state index contributed by atoms with van der Waals surface area (Å²) in [6, 6.07) is 9.14. The predicted molar refractivity (Wildman–Crippen MR) is 77.7 cm³/mol. The first kappa shape index (κ1) is 14.3. The second kappa shape index (κ2) is 6.87. The standard InChI is InChI=1S/C15H17BrFNO/c1-18-13(5-6-14-3-2-8-19-14)10-11-9-12(16)4-7-15(11)17/h2-4,7-9,13,18H,5-6,10H2,1H3. The van der Waals surface area contributed by atoms with Crippen LogP contribution in [0.5, 0.6) is 0 Å². The van der Waals surface area contributed by atoms with Gasteiger partial charge in [0.15, 0.2) is 0 Å². The zero-order valence-corrected chi connectivity index (χ0v) is 12.4. The lowest BCUT2D eigenvalue weighted by Crippen LogP contribution is -2.28. The van der Waals surface area contributed by atoms with Crippen LogP contribution in [-0.2, 0) is 12.8 Å². The summed E-state index contributed by atoms with van der Waals surface area (Å²) in [5.74, 6) is 0.816. The molecule has 0 radical (unpaired) electrons. The van der Waals surface area contributed by atoms with Crippen molar-refractivity contribution in [1.29, 1.82) is 0 Å². The van der Waals surface area contributed by atoms with Gasteiger partial charge in [-0.3, -0.25) is 0 Å². The maximum Gasteiger partial charge on any atom is 0.126 e. The summed E-state index contributed by atoms with van der Waals surface area (Å²) in [5.41, 5.74) is 0.730. The molecule has 0 aliphatic rings. The quantitative estimate of drug-likeness (QED) is 0.870. The maximum atomic E-state index is 13.7. The molecule has 1 heterocycles. The van der Waals surface area contributed by atoms with Gasteiger partial charge >= 0.3 is 0 Å². The molecule has 0 amide bonds. The third-order valence-corrected chi connectivity index (χ3v) is 3.69. The summed E-state index contributed by atoms with van der Waals surface area (Å²) in [6.07, 6.45) is 4.12. The topological polar surface area (TPSA) is 25.2 Å². The third kappa shape index (κ3) is 4.18. The van der Waals surface area contributed by atoms with Crippen LogP contribution in [0.3, 0.4) is 0 Å². The van der Waals surface area contributed by atoms with E-state index in [0.717, 1.165) is 28.6 Å². The first-order valence-corrected chi connectivity index (χ1v) is 7.12. The van der Waals surface area contributed by atoms with E-state index in [0.29, 0.717) is 6.42 Å². The summed E-state index contributed by atoms with van der Waals surface area (Å²) in [6.45, 7) is 0. The zero-order valence-electron chi connectivity index (χ0n) is 10.8. The van der Waals surface area contributed by atoms with E-state index in [2.05, 4.69) is 21.2 Å². The van der Waals surface area contributed by atoms with Crippen molar-refractivity contribution in [2.75, 3.05) is 7.05 Å². The second-order valence-electron chi connectivity index (χ2n) is 4.54. The van der Waals surface area contributed by atoms with Gasteiger partial charge in [0.05, 0.1) is 6.26 Å². The molecule has 1 atom stereocenters. The summed E-state index contributed by atoms with van der Waals surface area (Å²) in [5, 5.41) is 3.24. The Morgan fingerprint density at radius 2 is 2.21 bits per heavy atom. The van der Waals surface area contributed by atoms with E-state index in [1.807, 2.05) is 25.2 Å². The number of furan rings is 1. The lowest BCUT2D eigenvalue weighted by atomic mass is 10.0. The van der Waals surface area contributed by atoms with E-state index in [-0.39, 0.29) is 11.9 Å². The average molecular weight is 326 g/mol.